The van der Waals surface area contributed by atoms with Crippen LogP contribution in [0.3, 0.4) is 0 Å². The smallest absolute Gasteiger partial charge is 0.112 e. The zero-order chi connectivity index (χ0) is 13.8. The average Bonchev–Trinajstić information content (AvgIpc) is 2.33. The van der Waals surface area contributed by atoms with Crippen LogP contribution in [0.1, 0.15) is 20.3 Å². The largest absolute Gasteiger partial charge is 0.394 e. The molecule has 0 aliphatic rings. The maximum atomic E-state index is 11.4. The Hall–Kier alpha value is -0.390. The van der Waals surface area contributed by atoms with E-state index in [0.29, 0.717) is 13.6 Å². The van der Waals surface area contributed by atoms with Crippen LogP contribution >= 0.6 is 0 Å². The minimum absolute atomic E-state index is 0.0926. The van der Waals surface area contributed by atoms with Crippen LogP contribution in [0, 0.1) is 5.92 Å². The molecule has 0 aliphatic carbocycles. The van der Waals surface area contributed by atoms with Gasteiger partial charge < -0.3 is 5.11 Å². The lowest BCUT2D eigenvalue weighted by Crippen LogP contribution is -1.96. The number of aliphatic hydroxyl groups excluding tert-OH is 1. The number of rotatable bonds is 4. The van der Waals surface area contributed by atoms with Crippen molar-refractivity contribution >= 4 is 0 Å². The summed E-state index contributed by atoms with van der Waals surface area (Å²) in [6.45, 7) is 1.13. The number of alkyl halides is 5. The summed E-state index contributed by atoms with van der Waals surface area (Å²) >= 11 is 0. The van der Waals surface area contributed by atoms with Crippen LogP contribution in [0.25, 0.3) is 0 Å². The molecule has 1 nitrogen and oxygen atoms in total. The van der Waals surface area contributed by atoms with Crippen LogP contribution in [-0.2, 0) is 0 Å². The van der Waals surface area contributed by atoms with E-state index >= 15 is 0 Å². The van der Waals surface area contributed by atoms with Gasteiger partial charge in [0.25, 0.3) is 0 Å². The Morgan fingerprint density at radius 1 is 1.00 bits per heavy atom. The van der Waals surface area contributed by atoms with Gasteiger partial charge in [0.15, 0.2) is 0 Å². The first kappa shape index (κ1) is 24.7. The summed E-state index contributed by atoms with van der Waals surface area (Å²) in [5, 5.41) is 7.50. The van der Waals surface area contributed by atoms with E-state index in [0.717, 1.165) is 0 Å². The van der Waals surface area contributed by atoms with E-state index < -0.39 is 20.0 Å². The lowest BCUT2D eigenvalue weighted by atomic mass is 10.1. The molecule has 0 fully saturated rings. The fraction of sp³-hybridized carbons (Fsp3) is 1.00. The Kier molecular flexibility index (Phi) is 56.4. The molecule has 0 amide bonds. The molecule has 0 saturated carbocycles. The second kappa shape index (κ2) is 36.5. The zero-order valence-corrected chi connectivity index (χ0v) is 10.2. The van der Waals surface area contributed by atoms with Crippen LogP contribution in [0.5, 0.6) is 0 Å². The highest BCUT2D eigenvalue weighted by Gasteiger charge is 1.97. The molecule has 1 N–H and O–H groups in total. The summed E-state index contributed by atoms with van der Waals surface area (Å²) in [5.74, 6) is -0.0926. The fourth-order valence-electron chi connectivity index (χ4n) is 0.263. The van der Waals surface area contributed by atoms with Crippen molar-refractivity contribution in [3.63, 3.8) is 0 Å². The Morgan fingerprint density at radius 2 is 1.31 bits per heavy atom. The molecule has 16 heavy (non-hydrogen) atoms. The number of halogens is 5. The Balaban J connectivity index is -0.0000000685. The molecule has 0 aromatic rings. The standard InChI is InChI=1S/C5H10F2.C2H5FO.C2H5F.CH3F/c1-5(4-7)2-3-6;3-1-2-4;1-2-3;1-2/h5H,2-4H2,1H3;4H,1-2H2;2H2,1H3;1H3. The minimum Gasteiger partial charge on any atom is -0.394 e. The summed E-state index contributed by atoms with van der Waals surface area (Å²) in [5.41, 5.74) is 0. The quantitative estimate of drug-likeness (QED) is 0.762. The Bertz CT molecular complexity index is 74.2. The number of aliphatic hydroxyl groups is 1. The van der Waals surface area contributed by atoms with Crippen molar-refractivity contribution in [3.05, 3.63) is 0 Å². The molecule has 6 heteroatoms. The maximum absolute atomic E-state index is 11.4. The third-order valence-electron chi connectivity index (χ3n) is 0.950. The second-order valence-electron chi connectivity index (χ2n) is 2.42. The predicted octanol–water partition coefficient (Wildman–Crippen LogP) is 3.46. The molecule has 0 heterocycles. The van der Waals surface area contributed by atoms with Gasteiger partial charge in [-0.1, -0.05) is 6.92 Å². The van der Waals surface area contributed by atoms with Crippen LogP contribution in [0.2, 0.25) is 0 Å². The number of hydrogen-bond acceptors (Lipinski definition) is 1. The van der Waals surface area contributed by atoms with E-state index in [-0.39, 0.29) is 19.2 Å². The first-order valence-corrected chi connectivity index (χ1v) is 4.86. The third kappa shape index (κ3) is 68.8. The Labute approximate surface area is 94.7 Å². The molecule has 0 radical (unpaired) electrons. The molecule has 1 atom stereocenters. The zero-order valence-electron chi connectivity index (χ0n) is 10.2. The van der Waals surface area contributed by atoms with Crippen molar-refractivity contribution in [1.29, 1.82) is 0 Å². The van der Waals surface area contributed by atoms with E-state index in [1.165, 1.54) is 6.92 Å². The predicted molar refractivity (Wildman–Crippen MR) is 57.5 cm³/mol. The molecular weight excluding hydrogens is 231 g/mol. The summed E-state index contributed by atoms with van der Waals surface area (Å²) < 4.78 is 52.9. The van der Waals surface area contributed by atoms with Gasteiger partial charge in [0.2, 0.25) is 0 Å². The summed E-state index contributed by atoms with van der Waals surface area (Å²) in [4.78, 5) is 0. The third-order valence-corrected chi connectivity index (χ3v) is 0.950. The molecule has 1 unspecified atom stereocenters. The first-order valence-electron chi connectivity index (χ1n) is 4.86. The molecule has 104 valence electrons. The van der Waals surface area contributed by atoms with Crippen molar-refractivity contribution < 1.29 is 27.1 Å². The molecule has 0 bridgehead atoms. The van der Waals surface area contributed by atoms with Crippen molar-refractivity contribution in [2.45, 2.75) is 20.3 Å². The van der Waals surface area contributed by atoms with Gasteiger partial charge in [-0.15, -0.1) is 0 Å². The molecule has 0 aliphatic heterocycles. The van der Waals surface area contributed by atoms with Gasteiger partial charge in [0.1, 0.15) is 6.67 Å². The Morgan fingerprint density at radius 3 is 1.38 bits per heavy atom. The molecule has 0 aromatic heterocycles. The SMILES string of the molecule is CC(CF)CCF.CCF.CF.OCCF. The maximum Gasteiger partial charge on any atom is 0.112 e. The topological polar surface area (TPSA) is 20.2 Å². The summed E-state index contributed by atoms with van der Waals surface area (Å²) in [7, 11) is 0.500. The lowest BCUT2D eigenvalue weighted by Gasteiger charge is -1.98. The van der Waals surface area contributed by atoms with Crippen LogP contribution in [-0.4, -0.2) is 45.6 Å². The molecular formula is C10H23F5O. The van der Waals surface area contributed by atoms with E-state index in [2.05, 4.69) is 0 Å². The van der Waals surface area contributed by atoms with Crippen molar-refractivity contribution in [2.75, 3.05) is 40.5 Å². The molecule has 0 spiro atoms. The van der Waals surface area contributed by atoms with Crippen molar-refractivity contribution in [3.8, 4) is 0 Å². The van der Waals surface area contributed by atoms with Gasteiger partial charge in [0, 0.05) is 0 Å². The van der Waals surface area contributed by atoms with Gasteiger partial charge in [-0.25, -0.2) is 4.39 Å². The molecule has 0 rings (SSSR count). The average molecular weight is 254 g/mol. The van der Waals surface area contributed by atoms with Gasteiger partial charge >= 0.3 is 0 Å². The summed E-state index contributed by atoms with van der Waals surface area (Å²) in [6, 6.07) is 0. The normalized spacial score (nSPS) is 9.56. The fourth-order valence-corrected chi connectivity index (χ4v) is 0.263. The highest BCUT2D eigenvalue weighted by molar-refractivity contribution is 4.46. The second-order valence-corrected chi connectivity index (χ2v) is 2.42. The molecule has 0 saturated heterocycles. The minimum atomic E-state index is -0.625. The van der Waals surface area contributed by atoms with Crippen LogP contribution < -0.4 is 0 Å². The van der Waals surface area contributed by atoms with E-state index in [9.17, 15) is 22.0 Å². The van der Waals surface area contributed by atoms with Gasteiger partial charge in [-0.2, -0.15) is 0 Å². The van der Waals surface area contributed by atoms with Gasteiger partial charge in [-0.05, 0) is 19.3 Å². The molecule has 0 aromatic carbocycles. The van der Waals surface area contributed by atoms with Crippen LogP contribution in [0.15, 0.2) is 0 Å². The van der Waals surface area contributed by atoms with Gasteiger partial charge in [-0.3, -0.25) is 17.6 Å². The monoisotopic (exact) mass is 254 g/mol. The van der Waals surface area contributed by atoms with Crippen LogP contribution in [0.4, 0.5) is 22.0 Å². The lowest BCUT2D eigenvalue weighted by molar-refractivity contribution is 0.253. The number of hydrogen-bond donors (Lipinski definition) is 1. The van der Waals surface area contributed by atoms with Gasteiger partial charge in [0.05, 0.1) is 33.8 Å². The highest BCUT2D eigenvalue weighted by atomic mass is 19.1. The van der Waals surface area contributed by atoms with E-state index in [1.54, 1.807) is 6.92 Å². The highest BCUT2D eigenvalue weighted by Crippen LogP contribution is 2.00. The van der Waals surface area contributed by atoms with Crippen molar-refractivity contribution in [2.24, 2.45) is 5.92 Å². The van der Waals surface area contributed by atoms with E-state index in [4.69, 9.17) is 5.11 Å². The summed E-state index contributed by atoms with van der Waals surface area (Å²) in [6.07, 6.45) is 0.358. The first-order chi connectivity index (χ1) is 7.64. The van der Waals surface area contributed by atoms with Crippen molar-refractivity contribution in [1.82, 2.24) is 0 Å². The van der Waals surface area contributed by atoms with E-state index in [1.807, 2.05) is 0 Å².